The summed E-state index contributed by atoms with van der Waals surface area (Å²) in [5.74, 6) is 0.504. The molecule has 2 N–H and O–H groups in total. The molecule has 6 nitrogen and oxygen atoms in total. The molecule has 0 atom stereocenters. The van der Waals surface area contributed by atoms with Gasteiger partial charge in [0.2, 0.25) is 5.88 Å². The van der Waals surface area contributed by atoms with Crippen molar-refractivity contribution in [3.63, 3.8) is 0 Å². The molecule has 2 amide bonds. The standard InChI is InChI=1S/C17H18F3N3O3/c1-25-14-6-2-4-12(8-14)9-22-16(24)23-10-13-5-3-7-21-15(13)26-11-17(18,19)20/h2-8H,9-11H2,1H3,(H2,22,23,24). The Bertz CT molecular complexity index is 738. The summed E-state index contributed by atoms with van der Waals surface area (Å²) in [4.78, 5) is 15.6. The predicted octanol–water partition coefficient (Wildman–Crippen LogP) is 3.03. The zero-order chi connectivity index (χ0) is 19.0. The molecule has 1 aromatic heterocycles. The van der Waals surface area contributed by atoms with E-state index in [1.54, 1.807) is 31.4 Å². The molecule has 2 aromatic rings. The van der Waals surface area contributed by atoms with Gasteiger partial charge in [0.05, 0.1) is 7.11 Å². The number of hydrogen-bond acceptors (Lipinski definition) is 4. The average Bonchev–Trinajstić information content (AvgIpc) is 2.63. The molecule has 2 rings (SSSR count). The Morgan fingerprint density at radius 3 is 2.65 bits per heavy atom. The predicted molar refractivity (Wildman–Crippen MR) is 87.9 cm³/mol. The third kappa shape index (κ3) is 6.50. The van der Waals surface area contributed by atoms with Crippen molar-refractivity contribution in [2.45, 2.75) is 19.3 Å². The molecule has 1 aromatic carbocycles. The highest BCUT2D eigenvalue weighted by Gasteiger charge is 2.29. The number of ether oxygens (including phenoxy) is 2. The van der Waals surface area contributed by atoms with Crippen molar-refractivity contribution in [1.82, 2.24) is 15.6 Å². The number of hydrogen-bond donors (Lipinski definition) is 2. The van der Waals surface area contributed by atoms with E-state index in [2.05, 4.69) is 20.4 Å². The van der Waals surface area contributed by atoms with Crippen LogP contribution < -0.4 is 20.1 Å². The summed E-state index contributed by atoms with van der Waals surface area (Å²) in [5.41, 5.74) is 1.18. The number of carbonyl (C=O) groups excluding carboxylic acids is 1. The first-order valence-corrected chi connectivity index (χ1v) is 7.65. The van der Waals surface area contributed by atoms with Crippen LogP contribution in [0, 0.1) is 0 Å². The summed E-state index contributed by atoms with van der Waals surface area (Å²) in [6, 6.07) is 9.80. The van der Waals surface area contributed by atoms with Gasteiger partial charge < -0.3 is 20.1 Å². The van der Waals surface area contributed by atoms with E-state index >= 15 is 0 Å². The number of rotatable bonds is 7. The van der Waals surface area contributed by atoms with Gasteiger partial charge in [-0.25, -0.2) is 9.78 Å². The molecule has 9 heteroatoms. The fourth-order valence-electron chi connectivity index (χ4n) is 2.04. The van der Waals surface area contributed by atoms with Crippen molar-refractivity contribution in [3.8, 4) is 11.6 Å². The quantitative estimate of drug-likeness (QED) is 0.787. The number of benzene rings is 1. The maximum Gasteiger partial charge on any atom is 0.422 e. The smallest absolute Gasteiger partial charge is 0.422 e. The Morgan fingerprint density at radius 1 is 1.15 bits per heavy atom. The van der Waals surface area contributed by atoms with Crippen LogP contribution in [0.15, 0.2) is 42.6 Å². The highest BCUT2D eigenvalue weighted by atomic mass is 19.4. The molecule has 0 saturated carbocycles. The van der Waals surface area contributed by atoms with Gasteiger partial charge in [-0.05, 0) is 23.8 Å². The minimum atomic E-state index is -4.46. The molecule has 1 heterocycles. The van der Waals surface area contributed by atoms with Gasteiger partial charge >= 0.3 is 12.2 Å². The molecule has 0 fully saturated rings. The number of methoxy groups -OCH3 is 1. The van der Waals surface area contributed by atoms with Crippen molar-refractivity contribution in [2.24, 2.45) is 0 Å². The minimum absolute atomic E-state index is 0.0228. The van der Waals surface area contributed by atoms with E-state index < -0.39 is 18.8 Å². The van der Waals surface area contributed by atoms with E-state index in [-0.39, 0.29) is 19.0 Å². The fraction of sp³-hybridized carbons (Fsp3) is 0.294. The molecule has 26 heavy (non-hydrogen) atoms. The van der Waals surface area contributed by atoms with Gasteiger partial charge in [-0.2, -0.15) is 13.2 Å². The molecule has 0 unspecified atom stereocenters. The van der Waals surface area contributed by atoms with Crippen molar-refractivity contribution in [3.05, 3.63) is 53.7 Å². The highest BCUT2D eigenvalue weighted by molar-refractivity contribution is 5.73. The van der Waals surface area contributed by atoms with Crippen molar-refractivity contribution < 1.29 is 27.4 Å². The SMILES string of the molecule is COc1cccc(CNC(=O)NCc2cccnc2OCC(F)(F)F)c1. The maximum atomic E-state index is 12.3. The average molecular weight is 369 g/mol. The second-order valence-corrected chi connectivity index (χ2v) is 5.26. The first-order valence-electron chi connectivity index (χ1n) is 7.65. The van der Waals surface area contributed by atoms with Gasteiger partial charge in [-0.1, -0.05) is 18.2 Å². The van der Waals surface area contributed by atoms with Crippen LogP contribution in [0.3, 0.4) is 0 Å². The number of nitrogens with zero attached hydrogens (tertiary/aromatic N) is 1. The van der Waals surface area contributed by atoms with Gasteiger partial charge in [-0.3, -0.25) is 0 Å². The summed E-state index contributed by atoms with van der Waals surface area (Å²) in [5, 5.41) is 5.20. The molecule has 140 valence electrons. The minimum Gasteiger partial charge on any atom is -0.497 e. The molecular weight excluding hydrogens is 351 g/mol. The van der Waals surface area contributed by atoms with E-state index in [0.29, 0.717) is 11.3 Å². The normalized spacial score (nSPS) is 10.9. The van der Waals surface area contributed by atoms with Crippen LogP contribution in [0.25, 0.3) is 0 Å². The molecular formula is C17H18F3N3O3. The van der Waals surface area contributed by atoms with Crippen LogP contribution in [0.4, 0.5) is 18.0 Å². The molecule has 0 saturated heterocycles. The molecule has 0 aliphatic rings. The number of halogens is 3. The summed E-state index contributed by atoms with van der Waals surface area (Å²) < 4.78 is 46.5. The summed E-state index contributed by atoms with van der Waals surface area (Å²) in [6.07, 6.45) is -3.14. The zero-order valence-corrected chi connectivity index (χ0v) is 14.0. The van der Waals surface area contributed by atoms with Crippen LogP contribution in [0.2, 0.25) is 0 Å². The lowest BCUT2D eigenvalue weighted by atomic mass is 10.2. The highest BCUT2D eigenvalue weighted by Crippen LogP contribution is 2.19. The van der Waals surface area contributed by atoms with Crippen LogP contribution in [-0.4, -0.2) is 30.9 Å². The lowest BCUT2D eigenvalue weighted by Gasteiger charge is -2.13. The molecule has 0 aliphatic carbocycles. The molecule has 0 bridgehead atoms. The largest absolute Gasteiger partial charge is 0.497 e. The second-order valence-electron chi connectivity index (χ2n) is 5.26. The molecule has 0 spiro atoms. The molecule has 0 radical (unpaired) electrons. The number of carbonyl (C=O) groups is 1. The van der Waals surface area contributed by atoms with Crippen LogP contribution in [0.5, 0.6) is 11.6 Å². The number of alkyl halides is 3. The van der Waals surface area contributed by atoms with Crippen LogP contribution >= 0.6 is 0 Å². The topological polar surface area (TPSA) is 72.5 Å². The summed E-state index contributed by atoms with van der Waals surface area (Å²) in [6.45, 7) is -1.20. The maximum absolute atomic E-state index is 12.3. The van der Waals surface area contributed by atoms with Crippen molar-refractivity contribution >= 4 is 6.03 Å². The number of nitrogens with one attached hydrogen (secondary N) is 2. The van der Waals surface area contributed by atoms with Crippen LogP contribution in [-0.2, 0) is 13.1 Å². The third-order valence-electron chi connectivity index (χ3n) is 3.25. The lowest BCUT2D eigenvalue weighted by Crippen LogP contribution is -2.34. The van der Waals surface area contributed by atoms with E-state index in [4.69, 9.17) is 4.74 Å². The van der Waals surface area contributed by atoms with Gasteiger partial charge in [0.1, 0.15) is 5.75 Å². The molecule has 0 aliphatic heterocycles. The Labute approximate surface area is 148 Å². The zero-order valence-electron chi connectivity index (χ0n) is 14.0. The lowest BCUT2D eigenvalue weighted by molar-refractivity contribution is -0.154. The van der Waals surface area contributed by atoms with Crippen LogP contribution in [0.1, 0.15) is 11.1 Å². The number of urea groups is 1. The van der Waals surface area contributed by atoms with E-state index in [1.807, 2.05) is 6.07 Å². The Kier molecular flexibility index (Phi) is 6.65. The van der Waals surface area contributed by atoms with Gasteiger partial charge in [0.15, 0.2) is 6.61 Å². The Balaban J connectivity index is 1.85. The summed E-state index contributed by atoms with van der Waals surface area (Å²) in [7, 11) is 1.55. The van der Waals surface area contributed by atoms with Gasteiger partial charge in [0, 0.05) is 24.8 Å². The number of aromatic nitrogens is 1. The van der Waals surface area contributed by atoms with E-state index in [0.717, 1.165) is 5.56 Å². The monoisotopic (exact) mass is 369 g/mol. The summed E-state index contributed by atoms with van der Waals surface area (Å²) >= 11 is 0. The number of amides is 2. The third-order valence-corrected chi connectivity index (χ3v) is 3.25. The fourth-order valence-corrected chi connectivity index (χ4v) is 2.04. The van der Waals surface area contributed by atoms with Crippen molar-refractivity contribution in [1.29, 1.82) is 0 Å². The Hall–Kier alpha value is -2.97. The Morgan fingerprint density at radius 2 is 1.92 bits per heavy atom. The first kappa shape index (κ1) is 19.4. The van der Waals surface area contributed by atoms with Gasteiger partial charge in [-0.15, -0.1) is 0 Å². The second kappa shape index (κ2) is 8.93. The van der Waals surface area contributed by atoms with Crippen molar-refractivity contribution in [2.75, 3.05) is 13.7 Å². The first-order chi connectivity index (χ1) is 12.4. The number of pyridine rings is 1. The van der Waals surface area contributed by atoms with Gasteiger partial charge in [0.25, 0.3) is 0 Å². The van der Waals surface area contributed by atoms with E-state index in [1.165, 1.54) is 12.3 Å². The van der Waals surface area contributed by atoms with E-state index in [9.17, 15) is 18.0 Å².